The molecule has 0 aromatic heterocycles. The second kappa shape index (κ2) is 14.4. The Balaban J connectivity index is 3.40. The van der Waals surface area contributed by atoms with Gasteiger partial charge in [0.15, 0.2) is 0 Å². The fourth-order valence-electron chi connectivity index (χ4n) is 3.61. The Hall–Kier alpha value is -3.03. The summed E-state index contributed by atoms with van der Waals surface area (Å²) in [5.74, 6) is -1.19. The molecule has 3 N–H and O–H groups in total. The van der Waals surface area contributed by atoms with E-state index in [1.54, 1.807) is 39.0 Å². The highest BCUT2D eigenvalue weighted by molar-refractivity contribution is 5.92. The number of alkyl carbamates (subject to hydrolysis) is 1. The highest BCUT2D eigenvalue weighted by Crippen LogP contribution is 2.30. The maximum atomic E-state index is 13.9. The summed E-state index contributed by atoms with van der Waals surface area (Å²) >= 11 is 0. The minimum Gasteiger partial charge on any atom is -0.508 e. The van der Waals surface area contributed by atoms with E-state index in [4.69, 9.17) is 4.74 Å². The van der Waals surface area contributed by atoms with Crippen LogP contribution < -0.4 is 10.6 Å². The molecule has 196 valence electrons. The summed E-state index contributed by atoms with van der Waals surface area (Å²) in [6, 6.07) is 4.42. The number of carbonyl (C=O) groups is 3. The lowest BCUT2D eigenvalue weighted by Crippen LogP contribution is -2.55. The van der Waals surface area contributed by atoms with Gasteiger partial charge < -0.3 is 25.4 Å². The molecule has 3 amide bonds. The van der Waals surface area contributed by atoms with E-state index in [0.717, 1.165) is 19.3 Å². The van der Waals surface area contributed by atoms with E-state index in [0.29, 0.717) is 18.5 Å². The molecular formula is C27H43N3O5. The van der Waals surface area contributed by atoms with Crippen LogP contribution in [0.15, 0.2) is 36.9 Å². The summed E-state index contributed by atoms with van der Waals surface area (Å²) in [4.78, 5) is 41.2. The predicted molar refractivity (Wildman–Crippen MR) is 138 cm³/mol. The molecule has 0 bridgehead atoms. The van der Waals surface area contributed by atoms with Gasteiger partial charge in [0.2, 0.25) is 11.8 Å². The fourth-order valence-corrected chi connectivity index (χ4v) is 3.61. The van der Waals surface area contributed by atoms with Crippen molar-refractivity contribution in [2.75, 3.05) is 13.1 Å². The molecule has 1 aromatic carbocycles. The number of nitrogens with one attached hydrogen (secondary N) is 2. The molecule has 8 nitrogen and oxygen atoms in total. The zero-order chi connectivity index (χ0) is 26.6. The molecule has 0 radical (unpaired) electrons. The van der Waals surface area contributed by atoms with Gasteiger partial charge in [-0.05, 0) is 39.2 Å². The molecule has 0 heterocycles. The Kier molecular flexibility index (Phi) is 12.3. The number of amides is 3. The molecule has 0 spiro atoms. The summed E-state index contributed by atoms with van der Waals surface area (Å²) in [7, 11) is 0. The molecular weight excluding hydrogens is 446 g/mol. The second-order valence-electron chi connectivity index (χ2n) is 9.75. The summed E-state index contributed by atoms with van der Waals surface area (Å²) in [5, 5.41) is 16.2. The van der Waals surface area contributed by atoms with Crippen molar-refractivity contribution in [3.8, 4) is 5.75 Å². The summed E-state index contributed by atoms with van der Waals surface area (Å²) in [6.45, 7) is 15.3. The summed E-state index contributed by atoms with van der Waals surface area (Å²) in [5.41, 5.74) is -0.430. The molecule has 0 saturated heterocycles. The van der Waals surface area contributed by atoms with Crippen LogP contribution >= 0.6 is 0 Å². The largest absolute Gasteiger partial charge is 0.508 e. The number of para-hydroxylation sites is 1. The first-order chi connectivity index (χ1) is 16.5. The van der Waals surface area contributed by atoms with E-state index in [1.165, 1.54) is 17.0 Å². The van der Waals surface area contributed by atoms with Crippen molar-refractivity contribution < 1.29 is 24.2 Å². The van der Waals surface area contributed by atoms with Crippen molar-refractivity contribution >= 4 is 17.9 Å². The van der Waals surface area contributed by atoms with Gasteiger partial charge in [-0.2, -0.15) is 0 Å². The van der Waals surface area contributed by atoms with Crippen LogP contribution in [0.4, 0.5) is 4.79 Å². The smallest absolute Gasteiger partial charge is 0.408 e. The number of ether oxygens (including phenoxy) is 1. The number of benzene rings is 1. The average molecular weight is 490 g/mol. The minimum absolute atomic E-state index is 0.0448. The molecule has 35 heavy (non-hydrogen) atoms. The third-order valence-corrected chi connectivity index (χ3v) is 5.63. The molecule has 0 aliphatic rings. The van der Waals surface area contributed by atoms with Gasteiger partial charge in [-0.1, -0.05) is 64.3 Å². The first kappa shape index (κ1) is 30.0. The molecule has 0 fully saturated rings. The Bertz CT molecular complexity index is 849. The van der Waals surface area contributed by atoms with Crippen LogP contribution in [0.3, 0.4) is 0 Å². The first-order valence-electron chi connectivity index (χ1n) is 12.4. The number of unbranched alkanes of at least 4 members (excludes halogenated alkanes) is 2. The molecule has 0 saturated carbocycles. The van der Waals surface area contributed by atoms with E-state index in [1.807, 2.05) is 13.8 Å². The molecule has 0 aliphatic carbocycles. The quantitative estimate of drug-likeness (QED) is 0.275. The number of hydrogen-bond acceptors (Lipinski definition) is 5. The Morgan fingerprint density at radius 1 is 1.17 bits per heavy atom. The van der Waals surface area contributed by atoms with Crippen LogP contribution in [0.1, 0.15) is 78.8 Å². The normalized spacial score (nSPS) is 13.8. The maximum absolute atomic E-state index is 13.9. The molecule has 1 rings (SSSR count). The third-order valence-electron chi connectivity index (χ3n) is 5.63. The minimum atomic E-state index is -1.10. The lowest BCUT2D eigenvalue weighted by Gasteiger charge is -2.35. The zero-order valence-electron chi connectivity index (χ0n) is 22.1. The van der Waals surface area contributed by atoms with Crippen molar-refractivity contribution in [2.24, 2.45) is 5.92 Å². The van der Waals surface area contributed by atoms with Crippen LogP contribution in [0, 0.1) is 5.92 Å². The number of carbonyl (C=O) groups excluding carboxylic acids is 3. The van der Waals surface area contributed by atoms with Crippen molar-refractivity contribution in [3.63, 3.8) is 0 Å². The maximum Gasteiger partial charge on any atom is 0.408 e. The Morgan fingerprint density at radius 3 is 2.37 bits per heavy atom. The summed E-state index contributed by atoms with van der Waals surface area (Å²) in [6.07, 6.45) is 4.20. The van der Waals surface area contributed by atoms with E-state index < -0.39 is 35.6 Å². The molecule has 3 unspecified atom stereocenters. The highest BCUT2D eigenvalue weighted by atomic mass is 16.6. The third kappa shape index (κ3) is 9.62. The Labute approximate surface area is 210 Å². The fraction of sp³-hybridized carbons (Fsp3) is 0.593. The van der Waals surface area contributed by atoms with Crippen molar-refractivity contribution in [3.05, 3.63) is 42.5 Å². The van der Waals surface area contributed by atoms with Gasteiger partial charge in [0.25, 0.3) is 0 Å². The van der Waals surface area contributed by atoms with Crippen LogP contribution in [0.2, 0.25) is 0 Å². The topological polar surface area (TPSA) is 108 Å². The standard InChI is InChI=1S/C27H43N3O5/c1-8-11-14-17-28-24(32)23(20-15-12-13-16-21(20)31)30(18-9-2)25(33)22(19(4)10-3)29-26(34)35-27(5,6)7/h9,12-13,15-16,19,22-23,31H,2,8,10-11,14,17-18H2,1,3-7H3,(H,28,32)(H,29,34). The van der Waals surface area contributed by atoms with E-state index >= 15 is 0 Å². The number of nitrogens with zero attached hydrogens (tertiary/aromatic N) is 1. The number of aromatic hydroxyl groups is 1. The lowest BCUT2D eigenvalue weighted by atomic mass is 9.95. The highest BCUT2D eigenvalue weighted by Gasteiger charge is 2.38. The van der Waals surface area contributed by atoms with Gasteiger partial charge in [-0.15, -0.1) is 6.58 Å². The molecule has 1 aromatic rings. The zero-order valence-corrected chi connectivity index (χ0v) is 22.1. The first-order valence-corrected chi connectivity index (χ1v) is 12.4. The monoisotopic (exact) mass is 489 g/mol. The SMILES string of the molecule is C=CCN(C(=O)C(NC(=O)OC(C)(C)C)C(C)CC)C(C(=O)NCCCCC)c1ccccc1O. The van der Waals surface area contributed by atoms with Gasteiger partial charge in [-0.25, -0.2) is 4.79 Å². The predicted octanol–water partition coefficient (Wildman–Crippen LogP) is 4.69. The molecule has 3 atom stereocenters. The number of phenolic OH excluding ortho intramolecular Hbond substituents is 1. The lowest BCUT2D eigenvalue weighted by molar-refractivity contribution is -0.142. The van der Waals surface area contributed by atoms with Crippen molar-refractivity contribution in [1.29, 1.82) is 0 Å². The van der Waals surface area contributed by atoms with E-state index in [2.05, 4.69) is 24.1 Å². The number of phenols is 1. The van der Waals surface area contributed by atoms with Crippen molar-refractivity contribution in [1.82, 2.24) is 15.5 Å². The number of hydrogen-bond donors (Lipinski definition) is 3. The van der Waals surface area contributed by atoms with E-state index in [-0.39, 0.29) is 18.2 Å². The van der Waals surface area contributed by atoms with E-state index in [9.17, 15) is 19.5 Å². The van der Waals surface area contributed by atoms with Crippen LogP contribution in [-0.2, 0) is 14.3 Å². The van der Waals surface area contributed by atoms with Gasteiger partial charge in [0.1, 0.15) is 23.4 Å². The molecule has 0 aliphatic heterocycles. The summed E-state index contributed by atoms with van der Waals surface area (Å²) < 4.78 is 5.38. The van der Waals surface area contributed by atoms with Crippen LogP contribution in [0.5, 0.6) is 5.75 Å². The van der Waals surface area contributed by atoms with Gasteiger partial charge >= 0.3 is 6.09 Å². The van der Waals surface area contributed by atoms with Crippen LogP contribution in [0.25, 0.3) is 0 Å². The van der Waals surface area contributed by atoms with Crippen LogP contribution in [-0.4, -0.2) is 52.6 Å². The molecule has 8 heteroatoms. The van der Waals surface area contributed by atoms with Crippen molar-refractivity contribution in [2.45, 2.75) is 84.9 Å². The average Bonchev–Trinajstić information content (AvgIpc) is 2.79. The Morgan fingerprint density at radius 2 is 1.83 bits per heavy atom. The van der Waals surface area contributed by atoms with Gasteiger partial charge in [0, 0.05) is 18.7 Å². The second-order valence-corrected chi connectivity index (χ2v) is 9.75. The van der Waals surface area contributed by atoms with Gasteiger partial charge in [-0.3, -0.25) is 9.59 Å². The number of rotatable bonds is 13. The van der Waals surface area contributed by atoms with Gasteiger partial charge in [0.05, 0.1) is 0 Å².